The first-order valence-corrected chi connectivity index (χ1v) is 5.87. The van der Waals surface area contributed by atoms with Crippen molar-refractivity contribution >= 4 is 17.3 Å². The van der Waals surface area contributed by atoms with Gasteiger partial charge in [0.2, 0.25) is 0 Å². The molecule has 0 spiro atoms. The summed E-state index contributed by atoms with van der Waals surface area (Å²) < 4.78 is 5.39. The van der Waals surface area contributed by atoms with Crippen LogP contribution in [-0.2, 0) is 6.42 Å². The number of amides is 1. The van der Waals surface area contributed by atoms with Gasteiger partial charge in [-0.25, -0.2) is 0 Å². The third-order valence-corrected chi connectivity index (χ3v) is 2.78. The van der Waals surface area contributed by atoms with E-state index in [1.165, 1.54) is 0 Å². The lowest BCUT2D eigenvalue weighted by Crippen LogP contribution is -2.13. The van der Waals surface area contributed by atoms with Gasteiger partial charge in [0.25, 0.3) is 5.91 Å². The largest absolute Gasteiger partial charge is 0.456 e. The average molecular weight is 244 g/mol. The van der Waals surface area contributed by atoms with Crippen molar-refractivity contribution in [1.82, 2.24) is 0 Å². The fourth-order valence-electron chi connectivity index (χ4n) is 1.73. The van der Waals surface area contributed by atoms with Crippen LogP contribution in [0.25, 0.3) is 0 Å². The van der Waals surface area contributed by atoms with E-state index in [0.717, 1.165) is 17.7 Å². The number of furan rings is 1. The van der Waals surface area contributed by atoms with Crippen LogP contribution in [0.5, 0.6) is 0 Å². The van der Waals surface area contributed by atoms with Gasteiger partial charge in [0, 0.05) is 6.42 Å². The van der Waals surface area contributed by atoms with E-state index in [0.29, 0.717) is 17.1 Å². The van der Waals surface area contributed by atoms with Crippen molar-refractivity contribution in [1.29, 1.82) is 0 Å². The molecule has 18 heavy (non-hydrogen) atoms. The molecule has 0 saturated heterocycles. The number of nitrogens with two attached hydrogens (primary N) is 1. The summed E-state index contributed by atoms with van der Waals surface area (Å²) in [6, 6.07) is 8.97. The maximum absolute atomic E-state index is 12.0. The fraction of sp³-hybridized carbons (Fsp3) is 0.214. The highest BCUT2D eigenvalue weighted by molar-refractivity contribution is 6.04. The van der Waals surface area contributed by atoms with Gasteiger partial charge in [-0.1, -0.05) is 19.1 Å². The maximum Gasteiger partial charge on any atom is 0.291 e. The Morgan fingerprint density at radius 2 is 2.11 bits per heavy atom. The molecule has 0 radical (unpaired) electrons. The summed E-state index contributed by atoms with van der Waals surface area (Å²) in [5.74, 6) is 0.808. The van der Waals surface area contributed by atoms with Crippen molar-refractivity contribution in [3.63, 3.8) is 0 Å². The van der Waals surface area contributed by atoms with Crippen LogP contribution in [-0.4, -0.2) is 5.91 Å². The number of carbonyl (C=O) groups is 1. The minimum atomic E-state index is -0.282. The van der Waals surface area contributed by atoms with Crippen LogP contribution in [0.15, 0.2) is 34.7 Å². The minimum absolute atomic E-state index is 0.282. The highest BCUT2D eigenvalue weighted by atomic mass is 16.3. The highest BCUT2D eigenvalue weighted by Crippen LogP contribution is 2.23. The van der Waals surface area contributed by atoms with Crippen molar-refractivity contribution in [3.8, 4) is 0 Å². The Kier molecular flexibility index (Phi) is 3.37. The molecule has 94 valence electrons. The number of para-hydroxylation sites is 1. The smallest absolute Gasteiger partial charge is 0.291 e. The lowest BCUT2D eigenvalue weighted by atomic mass is 10.1. The van der Waals surface area contributed by atoms with Gasteiger partial charge in [0.1, 0.15) is 5.76 Å². The zero-order chi connectivity index (χ0) is 13.1. The summed E-state index contributed by atoms with van der Waals surface area (Å²) in [5, 5.41) is 2.77. The van der Waals surface area contributed by atoms with E-state index >= 15 is 0 Å². The van der Waals surface area contributed by atoms with Gasteiger partial charge in [-0.3, -0.25) is 4.79 Å². The first kappa shape index (κ1) is 12.2. The number of benzene rings is 1. The summed E-state index contributed by atoms with van der Waals surface area (Å²) in [6.07, 6.45) is 0.764. The van der Waals surface area contributed by atoms with Crippen molar-refractivity contribution in [3.05, 3.63) is 47.4 Å². The summed E-state index contributed by atoms with van der Waals surface area (Å²) in [6.45, 7) is 3.87. The average Bonchev–Trinajstić information content (AvgIpc) is 2.82. The van der Waals surface area contributed by atoms with Crippen molar-refractivity contribution in [2.45, 2.75) is 20.3 Å². The van der Waals surface area contributed by atoms with Crippen LogP contribution in [0.2, 0.25) is 0 Å². The lowest BCUT2D eigenvalue weighted by molar-refractivity contribution is 0.0995. The van der Waals surface area contributed by atoms with Gasteiger partial charge in [-0.15, -0.1) is 0 Å². The molecule has 1 aromatic carbocycles. The van der Waals surface area contributed by atoms with Crippen LogP contribution in [0.4, 0.5) is 11.4 Å². The second kappa shape index (κ2) is 4.96. The molecule has 4 heteroatoms. The predicted molar refractivity (Wildman–Crippen MR) is 71.6 cm³/mol. The maximum atomic E-state index is 12.0. The molecular weight excluding hydrogens is 228 g/mol. The number of aryl methyl sites for hydroxylation is 2. The van der Waals surface area contributed by atoms with Gasteiger partial charge < -0.3 is 15.5 Å². The number of hydrogen-bond acceptors (Lipinski definition) is 3. The molecule has 0 aliphatic carbocycles. The molecular formula is C14H16N2O2. The van der Waals surface area contributed by atoms with Gasteiger partial charge >= 0.3 is 0 Å². The van der Waals surface area contributed by atoms with Crippen LogP contribution in [0.1, 0.15) is 28.8 Å². The molecule has 3 N–H and O–H groups in total. The Bertz CT molecular complexity index is 553. The topological polar surface area (TPSA) is 68.3 Å². The molecule has 0 bridgehead atoms. The van der Waals surface area contributed by atoms with Crippen LogP contribution in [0.3, 0.4) is 0 Å². The van der Waals surface area contributed by atoms with Crippen LogP contribution < -0.4 is 11.1 Å². The molecule has 0 aliphatic heterocycles. The van der Waals surface area contributed by atoms with Crippen molar-refractivity contribution in [2.75, 3.05) is 11.1 Å². The molecule has 0 unspecified atom stereocenters. The Labute approximate surface area is 106 Å². The molecule has 1 heterocycles. The third-order valence-electron chi connectivity index (χ3n) is 2.78. The Balaban J connectivity index is 2.21. The first-order chi connectivity index (χ1) is 8.61. The molecule has 1 amide bonds. The molecule has 0 fully saturated rings. The number of rotatable bonds is 3. The van der Waals surface area contributed by atoms with Crippen molar-refractivity contribution in [2.24, 2.45) is 0 Å². The second-order valence-corrected chi connectivity index (χ2v) is 4.11. The molecule has 0 atom stereocenters. The second-order valence-electron chi connectivity index (χ2n) is 4.11. The number of nitrogen functional groups attached to an aromatic ring is 1. The van der Waals surface area contributed by atoms with E-state index in [9.17, 15) is 4.79 Å². The fourth-order valence-corrected chi connectivity index (χ4v) is 1.73. The van der Waals surface area contributed by atoms with E-state index in [2.05, 4.69) is 5.32 Å². The Morgan fingerprint density at radius 3 is 2.72 bits per heavy atom. The molecule has 2 aromatic rings. The zero-order valence-corrected chi connectivity index (χ0v) is 10.5. The normalized spacial score (nSPS) is 10.3. The summed E-state index contributed by atoms with van der Waals surface area (Å²) in [7, 11) is 0. The first-order valence-electron chi connectivity index (χ1n) is 5.87. The van der Waals surface area contributed by atoms with Crippen LogP contribution >= 0.6 is 0 Å². The summed E-state index contributed by atoms with van der Waals surface area (Å²) >= 11 is 0. The standard InChI is InChI=1S/C14H16N2O2/c1-3-10-7-8-12(18-10)14(17)16-13-9(2)5-4-6-11(13)15/h4-8H,3,15H2,1-2H3,(H,16,17). The molecule has 4 nitrogen and oxygen atoms in total. The van der Waals surface area contributed by atoms with Gasteiger partial charge in [-0.05, 0) is 30.7 Å². The zero-order valence-electron chi connectivity index (χ0n) is 10.5. The SMILES string of the molecule is CCc1ccc(C(=O)Nc2c(C)cccc2N)o1. The van der Waals surface area contributed by atoms with E-state index in [1.54, 1.807) is 18.2 Å². The monoisotopic (exact) mass is 244 g/mol. The number of hydrogen-bond donors (Lipinski definition) is 2. The Hall–Kier alpha value is -2.23. The number of anilines is 2. The highest BCUT2D eigenvalue weighted by Gasteiger charge is 2.13. The van der Waals surface area contributed by atoms with Crippen LogP contribution in [0, 0.1) is 6.92 Å². The number of nitrogens with one attached hydrogen (secondary N) is 1. The van der Waals surface area contributed by atoms with Gasteiger partial charge in [-0.2, -0.15) is 0 Å². The number of carbonyl (C=O) groups excluding carboxylic acids is 1. The van der Waals surface area contributed by atoms with Crippen molar-refractivity contribution < 1.29 is 9.21 Å². The van der Waals surface area contributed by atoms with E-state index < -0.39 is 0 Å². The minimum Gasteiger partial charge on any atom is -0.456 e. The lowest BCUT2D eigenvalue weighted by Gasteiger charge is -2.09. The predicted octanol–water partition coefficient (Wildman–Crippen LogP) is 2.98. The summed E-state index contributed by atoms with van der Waals surface area (Å²) in [4.78, 5) is 12.0. The summed E-state index contributed by atoms with van der Waals surface area (Å²) in [5.41, 5.74) is 7.94. The Morgan fingerprint density at radius 1 is 1.33 bits per heavy atom. The van der Waals surface area contributed by atoms with E-state index in [-0.39, 0.29) is 5.91 Å². The van der Waals surface area contributed by atoms with E-state index in [1.807, 2.05) is 26.0 Å². The third kappa shape index (κ3) is 2.37. The molecule has 0 aliphatic rings. The molecule has 2 rings (SSSR count). The van der Waals surface area contributed by atoms with E-state index in [4.69, 9.17) is 10.2 Å². The quantitative estimate of drug-likeness (QED) is 0.815. The molecule has 0 saturated carbocycles. The van der Waals surface area contributed by atoms with Gasteiger partial charge in [0.05, 0.1) is 11.4 Å². The molecule has 1 aromatic heterocycles. The van der Waals surface area contributed by atoms with Gasteiger partial charge in [0.15, 0.2) is 5.76 Å².